The maximum absolute atomic E-state index is 13.6. The summed E-state index contributed by atoms with van der Waals surface area (Å²) in [6.45, 7) is 15.4. The molecule has 0 aromatic heterocycles. The summed E-state index contributed by atoms with van der Waals surface area (Å²) in [7, 11) is 1.63. The minimum atomic E-state index is -1.44. The number of nitrogens with one attached hydrogen (secondary N) is 1. The summed E-state index contributed by atoms with van der Waals surface area (Å²) in [4.78, 5) is 64.2. The zero-order chi connectivity index (χ0) is 59.1. The third kappa shape index (κ3) is 29.0. The summed E-state index contributed by atoms with van der Waals surface area (Å²) in [6, 6.07) is 11.2. The Hall–Kier alpha value is -5.03. The number of amides is 3. The van der Waals surface area contributed by atoms with E-state index in [0.717, 1.165) is 22.6 Å². The van der Waals surface area contributed by atoms with Crippen LogP contribution in [0, 0.1) is 5.41 Å². The summed E-state index contributed by atoms with van der Waals surface area (Å²) in [5.74, 6) is -1.26. The molecule has 462 valence electrons. The predicted molar refractivity (Wildman–Crippen MR) is 294 cm³/mol. The predicted octanol–water partition coefficient (Wildman–Crippen LogP) is 2.36. The number of carbonyl (C=O) groups is 5. The first-order valence-corrected chi connectivity index (χ1v) is 28.0. The third-order valence-corrected chi connectivity index (χ3v) is 12.2. The zero-order valence-corrected chi connectivity index (χ0v) is 48.2. The van der Waals surface area contributed by atoms with Crippen molar-refractivity contribution in [3.8, 4) is 11.5 Å². The van der Waals surface area contributed by atoms with Gasteiger partial charge in [-0.05, 0) is 69.4 Å². The molecule has 0 aliphatic carbocycles. The first kappa shape index (κ1) is 69.5. The molecule has 2 aliphatic heterocycles. The molecule has 24 heteroatoms. The van der Waals surface area contributed by atoms with Crippen LogP contribution in [-0.4, -0.2) is 235 Å². The minimum Gasteiger partial charge on any atom is -0.491 e. The van der Waals surface area contributed by atoms with Gasteiger partial charge in [-0.15, -0.1) is 0 Å². The quantitative estimate of drug-likeness (QED) is 0.0371. The summed E-state index contributed by atoms with van der Waals surface area (Å²) in [6.07, 6.45) is -0.557. The molecule has 2 aliphatic rings. The maximum Gasteiger partial charge on any atom is 0.311 e. The van der Waals surface area contributed by atoms with Crippen molar-refractivity contribution in [1.29, 1.82) is 0 Å². The Labute approximate surface area is 481 Å². The molecule has 2 aromatic carbocycles. The van der Waals surface area contributed by atoms with Gasteiger partial charge in [0.2, 0.25) is 12.2 Å². The normalized spacial score (nSPS) is 17.6. The number of nitrogens with zero attached hydrogens (tertiary/aromatic N) is 1. The van der Waals surface area contributed by atoms with Gasteiger partial charge in [0, 0.05) is 44.2 Å². The molecule has 1 saturated heterocycles. The molecule has 3 N–H and O–H groups in total. The van der Waals surface area contributed by atoms with Crippen LogP contribution in [0.4, 0.5) is 0 Å². The minimum absolute atomic E-state index is 0.0767. The highest BCUT2D eigenvalue weighted by Gasteiger charge is 2.39. The van der Waals surface area contributed by atoms with E-state index < -0.39 is 59.7 Å². The molecule has 5 atom stereocenters. The lowest BCUT2D eigenvalue weighted by Gasteiger charge is -2.35. The van der Waals surface area contributed by atoms with Crippen LogP contribution in [0.2, 0.25) is 0 Å². The van der Waals surface area contributed by atoms with Crippen LogP contribution in [0.5, 0.6) is 11.5 Å². The number of carbonyl (C=O) groups excluding carboxylic acids is 5. The molecule has 0 saturated carbocycles. The smallest absolute Gasteiger partial charge is 0.311 e. The van der Waals surface area contributed by atoms with E-state index in [1.807, 2.05) is 6.07 Å². The van der Waals surface area contributed by atoms with Gasteiger partial charge >= 0.3 is 5.97 Å². The SMILES string of the molecule is COCCOCCOCCOCCOCCOCCOCCOCCOCCOCCOCCOc1ccc(CC(C(=O)NCCCCc2ccc(COC(=O)C(C)(C)C)c(OC3OC(C=O)CC(O)[C@H]3O)c2)N2C(=O)C=CC2=O)cc1. The fraction of sp³-hybridized carbons (Fsp3) is 0.672. The average Bonchev–Trinajstić information content (AvgIpc) is 3.90. The highest BCUT2D eigenvalue weighted by Crippen LogP contribution is 2.29. The van der Waals surface area contributed by atoms with Crippen molar-refractivity contribution in [2.24, 2.45) is 5.41 Å². The third-order valence-electron chi connectivity index (χ3n) is 12.2. The summed E-state index contributed by atoms with van der Waals surface area (Å²) < 4.78 is 82.8. The van der Waals surface area contributed by atoms with Crippen LogP contribution in [-0.2, 0) is 105 Å². The van der Waals surface area contributed by atoms with E-state index in [1.54, 1.807) is 64.3 Å². The topological polar surface area (TPSA) is 280 Å². The number of aldehydes is 1. The van der Waals surface area contributed by atoms with Gasteiger partial charge in [-0.1, -0.05) is 24.3 Å². The Balaban J connectivity index is 1.01. The first-order valence-electron chi connectivity index (χ1n) is 28.0. The standard InChI is InChI=1S/C58H88N2O22/c1-58(2,3)57(67)80-43-46-11-8-44(40-51(46)82-56-54(65)50(62)41-48(42-61)81-56)7-5-6-16-59-55(66)49(60-52(63)14-15-53(60)64)39-45-9-12-47(13-10-45)79-38-37-78-36-35-77-34-33-76-32-31-75-30-29-74-28-27-73-26-25-72-24-23-71-22-21-70-20-19-69-18-17-68-4/h8-15,40,42,48-50,54,56,62,65H,5-7,16-39,41,43H2,1-4H3,(H,59,66)/t48?,49?,50?,54-,56?/m1/s1. The van der Waals surface area contributed by atoms with Crippen molar-refractivity contribution in [2.75, 3.05) is 159 Å². The monoisotopic (exact) mass is 1160 g/mol. The van der Waals surface area contributed by atoms with Gasteiger partial charge in [0.05, 0.1) is 150 Å². The molecule has 1 fully saturated rings. The van der Waals surface area contributed by atoms with Gasteiger partial charge in [-0.3, -0.25) is 24.1 Å². The molecule has 2 heterocycles. The van der Waals surface area contributed by atoms with Gasteiger partial charge in [0.15, 0.2) is 0 Å². The first-order chi connectivity index (χ1) is 39.8. The molecule has 4 rings (SSSR count). The highest BCUT2D eigenvalue weighted by molar-refractivity contribution is 6.15. The van der Waals surface area contributed by atoms with Crippen molar-refractivity contribution in [2.45, 2.75) is 90.1 Å². The van der Waals surface area contributed by atoms with Gasteiger partial charge in [-0.25, -0.2) is 0 Å². The van der Waals surface area contributed by atoms with Gasteiger partial charge in [0.25, 0.3) is 11.8 Å². The van der Waals surface area contributed by atoms with Gasteiger partial charge in [-0.2, -0.15) is 0 Å². The second-order valence-corrected chi connectivity index (χ2v) is 19.8. The summed E-state index contributed by atoms with van der Waals surface area (Å²) >= 11 is 0. The van der Waals surface area contributed by atoms with Gasteiger partial charge < -0.3 is 91.4 Å². The van der Waals surface area contributed by atoms with Crippen LogP contribution in [0.3, 0.4) is 0 Å². The number of aryl methyl sites for hydroxylation is 1. The van der Waals surface area contributed by atoms with E-state index in [4.69, 9.17) is 71.1 Å². The number of esters is 1. The van der Waals surface area contributed by atoms with Crippen molar-refractivity contribution in [1.82, 2.24) is 10.2 Å². The second-order valence-electron chi connectivity index (χ2n) is 19.8. The molecule has 0 bridgehead atoms. The van der Waals surface area contributed by atoms with E-state index in [9.17, 15) is 34.2 Å². The number of rotatable bonds is 48. The van der Waals surface area contributed by atoms with Crippen LogP contribution >= 0.6 is 0 Å². The van der Waals surface area contributed by atoms with E-state index in [0.29, 0.717) is 181 Å². The van der Waals surface area contributed by atoms with Crippen LogP contribution < -0.4 is 14.8 Å². The number of unbranched alkanes of at least 4 members (excludes halogenated alkanes) is 1. The number of hydrogen-bond donors (Lipinski definition) is 3. The summed E-state index contributed by atoms with van der Waals surface area (Å²) in [5, 5.41) is 23.8. The van der Waals surface area contributed by atoms with E-state index >= 15 is 0 Å². The van der Waals surface area contributed by atoms with Gasteiger partial charge in [0.1, 0.15) is 49.2 Å². The van der Waals surface area contributed by atoms with Crippen molar-refractivity contribution in [3.63, 3.8) is 0 Å². The summed E-state index contributed by atoms with van der Waals surface area (Å²) in [5.41, 5.74) is 1.25. The fourth-order valence-electron chi connectivity index (χ4n) is 7.71. The number of imide groups is 1. The molecular weight excluding hydrogens is 1080 g/mol. The molecule has 24 nitrogen and oxygen atoms in total. The number of aliphatic hydroxyl groups is 2. The van der Waals surface area contributed by atoms with E-state index in [-0.39, 0.29) is 38.3 Å². The molecule has 2 aromatic rings. The molecule has 3 amide bonds. The van der Waals surface area contributed by atoms with Crippen LogP contribution in [0.15, 0.2) is 54.6 Å². The number of ether oxygens (including phenoxy) is 15. The van der Waals surface area contributed by atoms with E-state index in [2.05, 4.69) is 5.32 Å². The lowest BCUT2D eigenvalue weighted by molar-refractivity contribution is -0.228. The lowest BCUT2D eigenvalue weighted by atomic mass is 9.97. The Morgan fingerprint density at radius 2 is 1.12 bits per heavy atom. The van der Waals surface area contributed by atoms with E-state index in [1.165, 1.54) is 0 Å². The number of benzene rings is 2. The highest BCUT2D eigenvalue weighted by atomic mass is 16.7. The largest absolute Gasteiger partial charge is 0.491 e. The maximum atomic E-state index is 13.6. The Kier molecular flexibility index (Phi) is 35.5. The second kappa shape index (κ2) is 41.9. The Morgan fingerprint density at radius 1 is 0.659 bits per heavy atom. The molecule has 4 unspecified atom stereocenters. The number of methoxy groups -OCH3 is 1. The number of aliphatic hydroxyl groups excluding tert-OH is 2. The van der Waals surface area contributed by atoms with Crippen molar-refractivity contribution in [3.05, 3.63) is 71.3 Å². The molecule has 82 heavy (non-hydrogen) atoms. The van der Waals surface area contributed by atoms with Crippen molar-refractivity contribution >= 4 is 30.0 Å². The van der Waals surface area contributed by atoms with Crippen LogP contribution in [0.25, 0.3) is 0 Å². The van der Waals surface area contributed by atoms with Crippen LogP contribution in [0.1, 0.15) is 56.7 Å². The lowest BCUT2D eigenvalue weighted by Crippen LogP contribution is -2.51. The number of hydrogen-bond acceptors (Lipinski definition) is 22. The Morgan fingerprint density at radius 3 is 1.59 bits per heavy atom. The Bertz CT molecular complexity index is 2110. The molecule has 0 radical (unpaired) electrons. The average molecular weight is 1170 g/mol. The fourth-order valence-corrected chi connectivity index (χ4v) is 7.71. The molecule has 0 spiro atoms. The zero-order valence-electron chi connectivity index (χ0n) is 48.2. The molecular formula is C58H88N2O22. The van der Waals surface area contributed by atoms with Crippen molar-refractivity contribution < 1.29 is 105 Å².